The highest BCUT2D eigenvalue weighted by Gasteiger charge is 2.22. The van der Waals surface area contributed by atoms with Crippen molar-refractivity contribution in [2.75, 3.05) is 14.2 Å². The fourth-order valence-electron chi connectivity index (χ4n) is 2.62. The molecule has 11 nitrogen and oxygen atoms in total. The number of hydrogen-bond acceptors (Lipinski definition) is 9. The van der Waals surface area contributed by atoms with Crippen molar-refractivity contribution in [2.45, 2.75) is 0 Å². The summed E-state index contributed by atoms with van der Waals surface area (Å²) in [6, 6.07) is 8.90. The van der Waals surface area contributed by atoms with E-state index in [9.17, 15) is 43.0 Å². The minimum atomic E-state index is -1.11. The van der Waals surface area contributed by atoms with Gasteiger partial charge in [0.2, 0.25) is 0 Å². The van der Waals surface area contributed by atoms with E-state index in [0.29, 0.717) is 6.07 Å². The zero-order valence-electron chi connectivity index (χ0n) is 18.4. The molecule has 3 aromatic carbocycles. The van der Waals surface area contributed by atoms with Gasteiger partial charge in [-0.2, -0.15) is 0 Å². The van der Waals surface area contributed by atoms with Crippen LogP contribution in [0.5, 0.6) is 11.5 Å². The second kappa shape index (κ2) is 11.9. The molecule has 0 aliphatic heterocycles. The number of halogens is 3. The Bertz CT molecular complexity index is 1330. The molecule has 0 aliphatic rings. The Labute approximate surface area is 199 Å². The van der Waals surface area contributed by atoms with Crippen molar-refractivity contribution in [1.29, 1.82) is 0 Å². The molecular formula is C22H15F3N2O9. The van der Waals surface area contributed by atoms with Crippen molar-refractivity contribution < 1.29 is 46.8 Å². The van der Waals surface area contributed by atoms with Gasteiger partial charge < -0.3 is 14.2 Å². The van der Waals surface area contributed by atoms with Crippen LogP contribution in [0.2, 0.25) is 0 Å². The summed E-state index contributed by atoms with van der Waals surface area (Å²) in [6.45, 7) is 0. The van der Waals surface area contributed by atoms with E-state index in [1.807, 2.05) is 0 Å². The summed E-state index contributed by atoms with van der Waals surface area (Å²) >= 11 is 0. The van der Waals surface area contributed by atoms with E-state index in [4.69, 9.17) is 4.74 Å². The van der Waals surface area contributed by atoms with Crippen LogP contribution >= 0.6 is 0 Å². The summed E-state index contributed by atoms with van der Waals surface area (Å²) in [5, 5.41) is 21.4. The molecule has 0 amide bonds. The Hall–Kier alpha value is -5.01. The van der Waals surface area contributed by atoms with Gasteiger partial charge in [0.15, 0.2) is 11.6 Å². The predicted octanol–water partition coefficient (Wildman–Crippen LogP) is 4.97. The van der Waals surface area contributed by atoms with Crippen LogP contribution in [-0.4, -0.2) is 36.0 Å². The largest absolute Gasteiger partial charge is 0.465 e. The second-order valence-corrected chi connectivity index (χ2v) is 6.52. The number of nitrogens with zero attached hydrogens (tertiary/aromatic N) is 2. The smallest absolute Gasteiger partial charge is 0.344 e. The van der Waals surface area contributed by atoms with E-state index in [1.165, 1.54) is 12.1 Å². The zero-order chi connectivity index (χ0) is 27.0. The highest BCUT2D eigenvalue weighted by Crippen LogP contribution is 2.29. The fraction of sp³-hybridized carbons (Fsp3) is 0.0909. The monoisotopic (exact) mass is 508 g/mol. The van der Waals surface area contributed by atoms with Crippen LogP contribution in [0, 0.1) is 37.7 Å². The number of rotatable bonds is 6. The molecule has 0 atom stereocenters. The topological polar surface area (TPSA) is 148 Å². The van der Waals surface area contributed by atoms with Crippen LogP contribution < -0.4 is 4.74 Å². The molecule has 0 spiro atoms. The predicted molar refractivity (Wildman–Crippen MR) is 115 cm³/mol. The van der Waals surface area contributed by atoms with E-state index in [0.717, 1.165) is 50.6 Å². The molecule has 0 aliphatic carbocycles. The molecular weight excluding hydrogens is 493 g/mol. The molecule has 0 unspecified atom stereocenters. The number of hydrogen-bond donors (Lipinski definition) is 0. The lowest BCUT2D eigenvalue weighted by molar-refractivity contribution is -0.385. The first-order valence-corrected chi connectivity index (χ1v) is 9.50. The molecule has 0 bridgehead atoms. The van der Waals surface area contributed by atoms with Gasteiger partial charge in [0, 0.05) is 6.07 Å². The molecule has 0 N–H and O–H groups in total. The number of nitro groups is 2. The average Bonchev–Trinajstić information content (AvgIpc) is 2.85. The fourth-order valence-corrected chi connectivity index (χ4v) is 2.62. The highest BCUT2D eigenvalue weighted by atomic mass is 19.2. The first-order chi connectivity index (χ1) is 17.0. The molecule has 14 heteroatoms. The van der Waals surface area contributed by atoms with Crippen molar-refractivity contribution in [3.05, 3.63) is 103 Å². The summed E-state index contributed by atoms with van der Waals surface area (Å²) in [7, 11) is 2.19. The van der Waals surface area contributed by atoms with Crippen molar-refractivity contribution >= 4 is 23.3 Å². The van der Waals surface area contributed by atoms with E-state index < -0.39 is 50.6 Å². The minimum absolute atomic E-state index is 0.00892. The van der Waals surface area contributed by atoms with Gasteiger partial charge in [-0.15, -0.1) is 0 Å². The Morgan fingerprint density at radius 1 is 0.694 bits per heavy atom. The number of nitro benzene ring substituents is 2. The third-order valence-electron chi connectivity index (χ3n) is 4.26. The minimum Gasteiger partial charge on any atom is -0.465 e. The Morgan fingerprint density at radius 3 is 1.67 bits per heavy atom. The van der Waals surface area contributed by atoms with Gasteiger partial charge in [-0.05, 0) is 36.4 Å². The third-order valence-corrected chi connectivity index (χ3v) is 4.26. The van der Waals surface area contributed by atoms with Gasteiger partial charge in [-0.25, -0.2) is 22.8 Å². The van der Waals surface area contributed by atoms with E-state index in [-0.39, 0.29) is 22.6 Å². The average molecular weight is 508 g/mol. The van der Waals surface area contributed by atoms with E-state index in [2.05, 4.69) is 9.47 Å². The molecule has 0 saturated carbocycles. The maximum atomic E-state index is 13.1. The van der Waals surface area contributed by atoms with Crippen LogP contribution in [0.1, 0.15) is 20.7 Å². The quantitative estimate of drug-likeness (QED) is 0.255. The lowest BCUT2D eigenvalue weighted by Gasteiger charge is -2.07. The maximum Gasteiger partial charge on any atom is 0.344 e. The number of ether oxygens (including phenoxy) is 3. The first-order valence-electron chi connectivity index (χ1n) is 9.50. The van der Waals surface area contributed by atoms with E-state index in [1.54, 1.807) is 0 Å². The summed E-state index contributed by atoms with van der Waals surface area (Å²) < 4.78 is 52.5. The Morgan fingerprint density at radius 2 is 1.17 bits per heavy atom. The zero-order valence-corrected chi connectivity index (χ0v) is 18.4. The lowest BCUT2D eigenvalue weighted by atomic mass is 10.1. The number of carbonyl (C=O) groups is 2. The normalized spacial score (nSPS) is 9.92. The number of methoxy groups -OCH3 is 2. The summed E-state index contributed by atoms with van der Waals surface area (Å²) in [5.41, 5.74) is -1.63. The Balaban J connectivity index is 0.000000281. The summed E-state index contributed by atoms with van der Waals surface area (Å²) in [6.07, 6.45) is 0. The molecule has 0 fully saturated rings. The van der Waals surface area contributed by atoms with Crippen LogP contribution in [-0.2, 0) is 9.47 Å². The SMILES string of the molecule is COC(=O)c1ccc(F)cc1[N+](=O)[O-].COC(=O)c1ccc(Oc2ccc(F)c(F)c2)cc1[N+](=O)[O-]. The summed E-state index contributed by atoms with van der Waals surface area (Å²) in [4.78, 5) is 42.2. The third kappa shape index (κ3) is 6.75. The lowest BCUT2D eigenvalue weighted by Crippen LogP contribution is -2.05. The van der Waals surface area contributed by atoms with Gasteiger partial charge >= 0.3 is 11.9 Å². The van der Waals surface area contributed by atoms with Crippen LogP contribution in [0.3, 0.4) is 0 Å². The van der Waals surface area contributed by atoms with Crippen LogP contribution in [0.4, 0.5) is 24.5 Å². The molecule has 36 heavy (non-hydrogen) atoms. The molecule has 3 aromatic rings. The van der Waals surface area contributed by atoms with Gasteiger partial charge in [-0.1, -0.05) is 0 Å². The van der Waals surface area contributed by atoms with Gasteiger partial charge in [0.1, 0.15) is 28.4 Å². The standard InChI is InChI=1S/C14H9F2NO5.C8H6FNO4/c1-21-14(18)10-4-2-9(7-13(10)17(19)20)22-8-3-5-11(15)12(16)6-8;1-14-8(11)6-3-2-5(9)4-7(6)10(12)13/h2-7H,1H3;2-4H,1H3. The molecule has 0 saturated heterocycles. The van der Waals surface area contributed by atoms with Crippen molar-refractivity contribution in [3.8, 4) is 11.5 Å². The van der Waals surface area contributed by atoms with Crippen LogP contribution in [0.15, 0.2) is 54.6 Å². The van der Waals surface area contributed by atoms with E-state index >= 15 is 0 Å². The second-order valence-electron chi connectivity index (χ2n) is 6.52. The van der Waals surface area contributed by atoms with Gasteiger partial charge in [0.05, 0.1) is 36.2 Å². The van der Waals surface area contributed by atoms with Crippen molar-refractivity contribution in [3.63, 3.8) is 0 Å². The molecule has 0 radical (unpaired) electrons. The van der Waals surface area contributed by atoms with Gasteiger partial charge in [-0.3, -0.25) is 20.2 Å². The molecule has 0 aromatic heterocycles. The van der Waals surface area contributed by atoms with Crippen molar-refractivity contribution in [1.82, 2.24) is 0 Å². The maximum absolute atomic E-state index is 13.1. The number of carbonyl (C=O) groups excluding carboxylic acids is 2. The molecule has 3 rings (SSSR count). The Kier molecular flexibility index (Phi) is 9.02. The highest BCUT2D eigenvalue weighted by molar-refractivity contribution is 5.94. The van der Waals surface area contributed by atoms with Crippen LogP contribution in [0.25, 0.3) is 0 Å². The summed E-state index contributed by atoms with van der Waals surface area (Å²) in [5.74, 6) is -4.71. The van der Waals surface area contributed by atoms with Gasteiger partial charge in [0.25, 0.3) is 11.4 Å². The van der Waals surface area contributed by atoms with Crippen molar-refractivity contribution in [2.24, 2.45) is 0 Å². The number of esters is 2. The number of benzene rings is 3. The first kappa shape index (κ1) is 27.2. The molecule has 188 valence electrons. The molecule has 0 heterocycles.